The van der Waals surface area contributed by atoms with Crippen molar-refractivity contribution >= 4 is 23.2 Å². The zero-order chi connectivity index (χ0) is 13.7. The molecule has 0 saturated carbocycles. The Labute approximate surface area is 119 Å². The molecule has 0 spiro atoms. The first kappa shape index (κ1) is 14.2. The lowest BCUT2D eigenvalue weighted by Gasteiger charge is -2.27. The third-order valence-electron chi connectivity index (χ3n) is 3.42. The molecular weight excluding hydrogens is 260 g/mol. The van der Waals surface area contributed by atoms with Crippen LogP contribution >= 0.6 is 11.6 Å². The number of nitrogens with one attached hydrogen (secondary N) is 1. The van der Waals surface area contributed by atoms with E-state index in [1.165, 1.54) is 6.42 Å². The summed E-state index contributed by atoms with van der Waals surface area (Å²) in [5.74, 6) is 0.0980. The third kappa shape index (κ3) is 3.63. The molecule has 0 aliphatic carbocycles. The van der Waals surface area contributed by atoms with Crippen LogP contribution in [0, 0.1) is 0 Å². The second kappa shape index (κ2) is 6.80. The summed E-state index contributed by atoms with van der Waals surface area (Å²) in [6.45, 7) is 4.69. The Morgan fingerprint density at radius 3 is 2.74 bits per heavy atom. The van der Waals surface area contributed by atoms with E-state index in [2.05, 4.69) is 12.2 Å². The van der Waals surface area contributed by atoms with Crippen molar-refractivity contribution in [1.29, 1.82) is 0 Å². The molecule has 1 heterocycles. The molecule has 0 unspecified atom stereocenters. The third-order valence-corrected chi connectivity index (χ3v) is 3.66. The number of carbonyl (C=O) groups is 1. The maximum Gasteiger partial charge on any atom is 0.256 e. The van der Waals surface area contributed by atoms with Crippen molar-refractivity contribution in [3.05, 3.63) is 28.8 Å². The van der Waals surface area contributed by atoms with E-state index in [-0.39, 0.29) is 5.91 Å². The Hall–Kier alpha value is -1.22. The van der Waals surface area contributed by atoms with Crippen molar-refractivity contribution in [1.82, 2.24) is 4.90 Å². The Balaban J connectivity index is 2.20. The number of carbonyl (C=O) groups excluding carboxylic acids is 1. The van der Waals surface area contributed by atoms with Gasteiger partial charge in [0.05, 0.1) is 5.56 Å². The lowest BCUT2D eigenvalue weighted by Crippen LogP contribution is -2.36. The van der Waals surface area contributed by atoms with Crippen LogP contribution in [0.15, 0.2) is 18.2 Å². The summed E-state index contributed by atoms with van der Waals surface area (Å²) in [5.41, 5.74) is 1.59. The van der Waals surface area contributed by atoms with E-state index in [0.717, 1.165) is 44.6 Å². The van der Waals surface area contributed by atoms with Crippen LogP contribution in [0.5, 0.6) is 0 Å². The highest BCUT2D eigenvalue weighted by Crippen LogP contribution is 2.23. The van der Waals surface area contributed by atoms with Crippen molar-refractivity contribution in [2.75, 3.05) is 25.0 Å². The Morgan fingerprint density at radius 1 is 1.32 bits per heavy atom. The van der Waals surface area contributed by atoms with Gasteiger partial charge in [-0.2, -0.15) is 0 Å². The highest BCUT2D eigenvalue weighted by Gasteiger charge is 2.20. The fourth-order valence-electron chi connectivity index (χ4n) is 2.37. The van der Waals surface area contributed by atoms with Crippen LogP contribution in [0.25, 0.3) is 0 Å². The molecule has 19 heavy (non-hydrogen) atoms. The average Bonchev–Trinajstić information content (AvgIpc) is 2.46. The number of piperidine rings is 1. The lowest BCUT2D eigenvalue weighted by molar-refractivity contribution is 0.0725. The quantitative estimate of drug-likeness (QED) is 0.910. The van der Waals surface area contributed by atoms with Gasteiger partial charge in [-0.3, -0.25) is 4.79 Å². The summed E-state index contributed by atoms with van der Waals surface area (Å²) < 4.78 is 0. The number of hydrogen-bond acceptors (Lipinski definition) is 2. The predicted octanol–water partition coefficient (Wildman–Crippen LogP) is 3.79. The van der Waals surface area contributed by atoms with Crippen LogP contribution in [-0.4, -0.2) is 30.4 Å². The topological polar surface area (TPSA) is 32.3 Å². The van der Waals surface area contributed by atoms with Crippen molar-refractivity contribution in [2.24, 2.45) is 0 Å². The van der Waals surface area contributed by atoms with Crippen LogP contribution in [0.3, 0.4) is 0 Å². The molecule has 1 aromatic rings. The first-order chi connectivity index (χ1) is 9.22. The summed E-state index contributed by atoms with van der Waals surface area (Å²) in [5, 5.41) is 3.92. The van der Waals surface area contributed by atoms with Gasteiger partial charge in [0.1, 0.15) is 0 Å². The largest absolute Gasteiger partial charge is 0.384 e. The zero-order valence-electron chi connectivity index (χ0n) is 11.4. The van der Waals surface area contributed by atoms with Crippen LogP contribution in [-0.2, 0) is 0 Å². The maximum atomic E-state index is 12.6. The zero-order valence-corrected chi connectivity index (χ0v) is 12.2. The predicted molar refractivity (Wildman–Crippen MR) is 80.0 cm³/mol. The molecule has 1 aliphatic heterocycles. The fraction of sp³-hybridized carbons (Fsp3) is 0.533. The molecular formula is C15H21ClN2O. The number of nitrogens with zero attached hydrogens (tertiary/aromatic N) is 1. The van der Waals surface area contributed by atoms with E-state index in [4.69, 9.17) is 11.6 Å². The summed E-state index contributed by atoms with van der Waals surface area (Å²) in [6.07, 6.45) is 4.45. The number of anilines is 1. The Kier molecular flexibility index (Phi) is 5.08. The van der Waals surface area contributed by atoms with Gasteiger partial charge in [-0.15, -0.1) is 0 Å². The monoisotopic (exact) mass is 280 g/mol. The van der Waals surface area contributed by atoms with Crippen molar-refractivity contribution in [3.8, 4) is 0 Å². The standard InChI is InChI=1S/C15H21ClN2O/c1-2-8-17-14-7-6-12(16)11-13(14)15(19)18-9-4-3-5-10-18/h6-7,11,17H,2-5,8-10H2,1H3. The van der Waals surface area contributed by atoms with Crippen LogP contribution < -0.4 is 5.32 Å². The number of rotatable bonds is 4. The van der Waals surface area contributed by atoms with Crippen molar-refractivity contribution in [3.63, 3.8) is 0 Å². The SMILES string of the molecule is CCCNc1ccc(Cl)cc1C(=O)N1CCCCC1. The molecule has 2 rings (SSSR count). The lowest BCUT2D eigenvalue weighted by atomic mass is 10.1. The average molecular weight is 281 g/mol. The molecule has 104 valence electrons. The van der Waals surface area contributed by atoms with E-state index in [9.17, 15) is 4.79 Å². The number of likely N-dealkylation sites (tertiary alicyclic amines) is 1. The van der Waals surface area contributed by atoms with Gasteiger partial charge in [-0.05, 0) is 43.9 Å². The molecule has 1 aromatic carbocycles. The molecule has 1 fully saturated rings. The minimum Gasteiger partial charge on any atom is -0.384 e. The van der Waals surface area contributed by atoms with Gasteiger partial charge in [-0.1, -0.05) is 18.5 Å². The van der Waals surface area contributed by atoms with E-state index in [1.807, 2.05) is 17.0 Å². The fourth-order valence-corrected chi connectivity index (χ4v) is 2.55. The highest BCUT2D eigenvalue weighted by atomic mass is 35.5. The maximum absolute atomic E-state index is 12.6. The molecule has 0 bridgehead atoms. The summed E-state index contributed by atoms with van der Waals surface area (Å²) >= 11 is 6.04. The minimum atomic E-state index is 0.0980. The molecule has 4 heteroatoms. The molecule has 1 aliphatic rings. The van der Waals surface area contributed by atoms with Crippen LogP contribution in [0.2, 0.25) is 5.02 Å². The first-order valence-corrected chi connectivity index (χ1v) is 7.43. The summed E-state index contributed by atoms with van der Waals surface area (Å²) in [6, 6.07) is 5.50. The number of hydrogen-bond donors (Lipinski definition) is 1. The minimum absolute atomic E-state index is 0.0980. The second-order valence-corrected chi connectivity index (χ2v) is 5.41. The van der Waals surface area contributed by atoms with Gasteiger partial charge < -0.3 is 10.2 Å². The van der Waals surface area contributed by atoms with Gasteiger partial charge in [0.2, 0.25) is 0 Å². The van der Waals surface area contributed by atoms with Crippen molar-refractivity contribution < 1.29 is 4.79 Å². The van der Waals surface area contributed by atoms with Gasteiger partial charge in [0, 0.05) is 30.3 Å². The van der Waals surface area contributed by atoms with E-state index in [1.54, 1.807) is 6.07 Å². The molecule has 1 N–H and O–H groups in total. The van der Waals surface area contributed by atoms with E-state index >= 15 is 0 Å². The molecule has 3 nitrogen and oxygen atoms in total. The van der Waals surface area contributed by atoms with Gasteiger partial charge in [0.15, 0.2) is 0 Å². The van der Waals surface area contributed by atoms with Gasteiger partial charge >= 0.3 is 0 Å². The van der Waals surface area contributed by atoms with Crippen LogP contribution in [0.1, 0.15) is 43.0 Å². The summed E-state index contributed by atoms with van der Waals surface area (Å²) in [7, 11) is 0. The second-order valence-electron chi connectivity index (χ2n) is 4.97. The number of amides is 1. The van der Waals surface area contributed by atoms with E-state index in [0.29, 0.717) is 10.6 Å². The number of halogens is 1. The first-order valence-electron chi connectivity index (χ1n) is 7.05. The molecule has 1 saturated heterocycles. The Bertz CT molecular complexity index is 442. The van der Waals surface area contributed by atoms with Crippen LogP contribution in [0.4, 0.5) is 5.69 Å². The van der Waals surface area contributed by atoms with Gasteiger partial charge in [-0.25, -0.2) is 0 Å². The molecule has 0 atom stereocenters. The summed E-state index contributed by atoms with van der Waals surface area (Å²) in [4.78, 5) is 14.5. The van der Waals surface area contributed by atoms with E-state index < -0.39 is 0 Å². The van der Waals surface area contributed by atoms with Crippen molar-refractivity contribution in [2.45, 2.75) is 32.6 Å². The smallest absolute Gasteiger partial charge is 0.256 e. The molecule has 0 radical (unpaired) electrons. The molecule has 1 amide bonds. The normalized spacial score (nSPS) is 15.4. The number of benzene rings is 1. The van der Waals surface area contributed by atoms with Gasteiger partial charge in [0.25, 0.3) is 5.91 Å². The Morgan fingerprint density at radius 2 is 2.05 bits per heavy atom. The highest BCUT2D eigenvalue weighted by molar-refractivity contribution is 6.31. The molecule has 0 aromatic heterocycles.